The molecule has 1 saturated heterocycles. The fraction of sp³-hybridized carbons (Fsp3) is 0.174. The number of nitriles is 1. The molecule has 9 nitrogen and oxygen atoms in total. The lowest BCUT2D eigenvalue weighted by Gasteiger charge is -2.47. The number of aromatic nitrogens is 6. The molecule has 0 aliphatic carbocycles. The minimum atomic E-state index is -0.247. The molecule has 178 valence electrons. The van der Waals surface area contributed by atoms with Crippen LogP contribution in [-0.4, -0.2) is 35.7 Å². The van der Waals surface area contributed by atoms with E-state index in [-0.39, 0.29) is 44.5 Å². The fourth-order valence-corrected chi connectivity index (χ4v) is 4.85. The van der Waals surface area contributed by atoms with Crippen molar-refractivity contribution in [1.29, 1.82) is 5.26 Å². The average molecular weight is 525 g/mol. The molecule has 35 heavy (non-hydrogen) atoms. The topological polar surface area (TPSA) is 108 Å². The predicted molar refractivity (Wildman–Crippen MR) is 144 cm³/mol. The summed E-state index contributed by atoms with van der Waals surface area (Å²) in [5.74, 6) is 1.40. The molecule has 0 spiro atoms. The van der Waals surface area contributed by atoms with Crippen molar-refractivity contribution in [3.8, 4) is 11.8 Å². The van der Waals surface area contributed by atoms with Crippen molar-refractivity contribution in [2.24, 2.45) is 5.92 Å². The smallest absolute Gasteiger partial charge is 0.284 e. The van der Waals surface area contributed by atoms with Gasteiger partial charge in [-0.3, -0.25) is 9.36 Å². The zero-order valence-corrected chi connectivity index (χ0v) is 21.2. The molecule has 0 radical (unpaired) electrons. The first-order chi connectivity index (χ1) is 16.1. The van der Waals surface area contributed by atoms with Gasteiger partial charge in [-0.15, -0.1) is 0 Å². The SMILES string of the molecule is C[C@H]1CN(c2ncnc3[nH]cc(C#N)c23)C1c1nn2ccc(Cl)c2c(=O)n1-c1ccccc1.S.S. The van der Waals surface area contributed by atoms with E-state index in [2.05, 4.69) is 32.8 Å². The molecule has 0 amide bonds. The van der Waals surface area contributed by atoms with Crippen LogP contribution in [0.3, 0.4) is 0 Å². The molecule has 6 rings (SSSR count). The molecule has 12 heteroatoms. The summed E-state index contributed by atoms with van der Waals surface area (Å²) >= 11 is 6.32. The van der Waals surface area contributed by atoms with Crippen LogP contribution in [0.15, 0.2) is 59.9 Å². The minimum absolute atomic E-state index is 0. The Morgan fingerprint density at radius 1 is 1.17 bits per heavy atom. The van der Waals surface area contributed by atoms with Crippen molar-refractivity contribution in [3.63, 3.8) is 0 Å². The van der Waals surface area contributed by atoms with E-state index in [9.17, 15) is 10.1 Å². The van der Waals surface area contributed by atoms with Crippen LogP contribution in [0.2, 0.25) is 5.02 Å². The first-order valence-electron chi connectivity index (χ1n) is 10.4. The van der Waals surface area contributed by atoms with Crippen molar-refractivity contribution in [1.82, 2.24) is 29.1 Å². The average Bonchev–Trinajstić information content (AvgIpc) is 3.41. The van der Waals surface area contributed by atoms with Gasteiger partial charge in [0.15, 0.2) is 5.82 Å². The maximum Gasteiger partial charge on any atom is 0.284 e. The number of H-pyrrole nitrogens is 1. The Kier molecular flexibility index (Phi) is 6.55. The van der Waals surface area contributed by atoms with Crippen LogP contribution < -0.4 is 10.5 Å². The third-order valence-corrected chi connectivity index (χ3v) is 6.45. The highest BCUT2D eigenvalue weighted by Crippen LogP contribution is 2.43. The molecule has 5 heterocycles. The second kappa shape index (κ2) is 9.30. The molecule has 4 aromatic heterocycles. The molecular formula is C23H21ClN8OS2. The molecule has 1 unspecified atom stereocenters. The van der Waals surface area contributed by atoms with E-state index in [0.29, 0.717) is 51.0 Å². The first kappa shape index (κ1) is 24.7. The van der Waals surface area contributed by atoms with Gasteiger partial charge in [-0.05, 0) is 18.2 Å². The number of aromatic amines is 1. The summed E-state index contributed by atoms with van der Waals surface area (Å²) in [6.45, 7) is 2.80. The number of para-hydroxylation sites is 1. The molecule has 1 fully saturated rings. The Balaban J connectivity index is 0.00000144. The molecule has 1 aliphatic heterocycles. The number of halogens is 1. The Bertz CT molecular complexity index is 1640. The van der Waals surface area contributed by atoms with Gasteiger partial charge in [0.05, 0.1) is 27.7 Å². The second-order valence-electron chi connectivity index (χ2n) is 8.10. The van der Waals surface area contributed by atoms with Gasteiger partial charge in [0.1, 0.15) is 29.4 Å². The summed E-state index contributed by atoms with van der Waals surface area (Å²) in [7, 11) is 0. The van der Waals surface area contributed by atoms with E-state index >= 15 is 0 Å². The number of hydrogen-bond acceptors (Lipinski definition) is 6. The number of rotatable bonds is 3. The second-order valence-corrected chi connectivity index (χ2v) is 8.51. The standard InChI is InChI=1S/C23H17ClN8O.2H2S/c1-13-11-30(21-17-14(9-25)10-26-20(17)27-12-28-21)18(13)22-29-31-8-7-16(24)19(31)23(33)32(22)15-5-3-2-4-6-15;;/h2-8,10,12-13,18H,11H2,1H3,(H,26,27,28);2*1H2/t13-,18?;;/m0../s1. The van der Waals surface area contributed by atoms with Crippen molar-refractivity contribution in [3.05, 3.63) is 81.9 Å². The zero-order chi connectivity index (χ0) is 22.7. The van der Waals surface area contributed by atoms with E-state index in [1.807, 2.05) is 30.3 Å². The van der Waals surface area contributed by atoms with Crippen molar-refractivity contribution in [2.75, 3.05) is 11.4 Å². The zero-order valence-electron chi connectivity index (χ0n) is 18.5. The van der Waals surface area contributed by atoms with Crippen molar-refractivity contribution in [2.45, 2.75) is 13.0 Å². The van der Waals surface area contributed by atoms with Gasteiger partial charge in [-0.25, -0.2) is 14.5 Å². The molecule has 1 N–H and O–H groups in total. The maximum atomic E-state index is 13.6. The number of fused-ring (bicyclic) bond motifs is 2. The molecule has 0 bridgehead atoms. The highest BCUT2D eigenvalue weighted by molar-refractivity contribution is 7.59. The van der Waals surface area contributed by atoms with Gasteiger partial charge in [-0.1, -0.05) is 36.7 Å². The third kappa shape index (κ3) is 3.65. The van der Waals surface area contributed by atoms with Gasteiger partial charge in [0.25, 0.3) is 5.56 Å². The predicted octanol–water partition coefficient (Wildman–Crippen LogP) is 3.70. The Morgan fingerprint density at radius 3 is 2.66 bits per heavy atom. The summed E-state index contributed by atoms with van der Waals surface area (Å²) in [5.41, 5.74) is 1.85. The molecular weight excluding hydrogens is 504 g/mol. The van der Waals surface area contributed by atoms with Crippen LogP contribution >= 0.6 is 38.6 Å². The van der Waals surface area contributed by atoms with Crippen molar-refractivity contribution < 1.29 is 0 Å². The Labute approximate surface area is 218 Å². The van der Waals surface area contributed by atoms with Crippen LogP contribution in [0.5, 0.6) is 0 Å². The summed E-state index contributed by atoms with van der Waals surface area (Å²) in [6, 6.07) is 13.0. The summed E-state index contributed by atoms with van der Waals surface area (Å²) in [4.78, 5) is 27.5. The van der Waals surface area contributed by atoms with Crippen LogP contribution in [0.25, 0.3) is 22.2 Å². The van der Waals surface area contributed by atoms with E-state index in [4.69, 9.17) is 16.7 Å². The van der Waals surface area contributed by atoms with Crippen LogP contribution in [-0.2, 0) is 0 Å². The molecule has 0 saturated carbocycles. The van der Waals surface area contributed by atoms with Gasteiger partial charge >= 0.3 is 0 Å². The Hall–Kier alpha value is -3.46. The summed E-state index contributed by atoms with van der Waals surface area (Å²) in [5, 5.41) is 15.4. The summed E-state index contributed by atoms with van der Waals surface area (Å²) < 4.78 is 3.16. The van der Waals surface area contributed by atoms with Gasteiger partial charge in [-0.2, -0.15) is 37.4 Å². The highest BCUT2D eigenvalue weighted by atomic mass is 35.5. The number of hydrogen-bond donors (Lipinski definition) is 1. The quantitative estimate of drug-likeness (QED) is 0.385. The number of benzene rings is 1. The Morgan fingerprint density at radius 2 is 1.94 bits per heavy atom. The lowest BCUT2D eigenvalue weighted by atomic mass is 9.89. The van der Waals surface area contributed by atoms with E-state index in [0.717, 1.165) is 0 Å². The number of nitrogens with one attached hydrogen (secondary N) is 1. The highest BCUT2D eigenvalue weighted by Gasteiger charge is 2.42. The van der Waals surface area contributed by atoms with Crippen molar-refractivity contribution >= 4 is 61.0 Å². The van der Waals surface area contributed by atoms with E-state index < -0.39 is 0 Å². The fourth-order valence-electron chi connectivity index (χ4n) is 4.62. The lowest BCUT2D eigenvalue weighted by Crippen LogP contribution is -2.51. The largest absolute Gasteiger partial charge is 0.345 e. The molecule has 1 aliphatic rings. The normalized spacial score (nSPS) is 16.9. The van der Waals surface area contributed by atoms with E-state index in [1.54, 1.807) is 23.0 Å². The van der Waals surface area contributed by atoms with Gasteiger partial charge in [0.2, 0.25) is 0 Å². The van der Waals surface area contributed by atoms with Crippen LogP contribution in [0.4, 0.5) is 5.82 Å². The molecule has 2 atom stereocenters. The van der Waals surface area contributed by atoms with Gasteiger partial charge < -0.3 is 9.88 Å². The first-order valence-corrected chi connectivity index (χ1v) is 10.8. The van der Waals surface area contributed by atoms with E-state index in [1.165, 1.54) is 10.8 Å². The molecule has 1 aromatic carbocycles. The molecule has 5 aromatic rings. The minimum Gasteiger partial charge on any atom is -0.345 e. The number of anilines is 1. The van der Waals surface area contributed by atoms with Gasteiger partial charge in [0, 0.05) is 24.9 Å². The monoisotopic (exact) mass is 524 g/mol. The lowest BCUT2D eigenvalue weighted by molar-refractivity contribution is 0.301. The summed E-state index contributed by atoms with van der Waals surface area (Å²) in [6.07, 6.45) is 4.80. The van der Waals surface area contributed by atoms with Crippen LogP contribution in [0, 0.1) is 17.2 Å². The third-order valence-electron chi connectivity index (χ3n) is 6.14. The number of nitrogens with zero attached hydrogens (tertiary/aromatic N) is 7. The maximum absolute atomic E-state index is 13.6. The van der Waals surface area contributed by atoms with Crippen LogP contribution in [0.1, 0.15) is 24.4 Å².